The molecule has 3 aromatic carbocycles. The number of rotatable bonds is 5. The number of hydrogen-bond acceptors (Lipinski definition) is 5. The number of pyridine rings is 1. The molecule has 6 rings (SSSR count). The Labute approximate surface area is 211 Å². The molecule has 0 aliphatic carbocycles. The molecule has 4 aromatic rings. The van der Waals surface area contributed by atoms with E-state index in [4.69, 9.17) is 9.72 Å². The zero-order valence-electron chi connectivity index (χ0n) is 20.5. The number of likely N-dealkylation sites (tertiary alicyclic amines) is 1. The number of nitrogens with one attached hydrogen (secondary N) is 1. The Bertz CT molecular complexity index is 1360. The lowest BCUT2D eigenvalue weighted by Crippen LogP contribution is -2.40. The fraction of sp³-hybridized carbons (Fsp3) is 0.333. The van der Waals surface area contributed by atoms with Crippen LogP contribution in [0.1, 0.15) is 28.8 Å². The number of hydrogen-bond donors (Lipinski definition) is 1. The van der Waals surface area contributed by atoms with Crippen LogP contribution in [0, 0.1) is 0 Å². The molecule has 6 heteroatoms. The number of amides is 1. The van der Waals surface area contributed by atoms with Crippen molar-refractivity contribution in [3.63, 3.8) is 0 Å². The van der Waals surface area contributed by atoms with Crippen LogP contribution in [0.15, 0.2) is 72.8 Å². The molecule has 0 radical (unpaired) electrons. The number of aromatic nitrogens is 1. The molecule has 0 unspecified atom stereocenters. The zero-order valence-corrected chi connectivity index (χ0v) is 20.5. The number of benzene rings is 3. The van der Waals surface area contributed by atoms with Crippen LogP contribution in [0.25, 0.3) is 21.8 Å². The fourth-order valence-electron chi connectivity index (χ4n) is 5.46. The summed E-state index contributed by atoms with van der Waals surface area (Å²) in [5.74, 6) is 0.0341. The minimum atomic E-state index is 0.0341. The predicted octanol–water partition coefficient (Wildman–Crippen LogP) is 4.94. The van der Waals surface area contributed by atoms with E-state index in [2.05, 4.69) is 58.7 Å². The van der Waals surface area contributed by atoms with Crippen LogP contribution in [-0.2, 0) is 11.3 Å². The summed E-state index contributed by atoms with van der Waals surface area (Å²) >= 11 is 0. The lowest BCUT2D eigenvalue weighted by Gasteiger charge is -2.33. The normalized spacial score (nSPS) is 17.5. The number of piperidine rings is 1. The first-order valence-corrected chi connectivity index (χ1v) is 13.0. The molecule has 0 spiro atoms. The highest BCUT2D eigenvalue weighted by Crippen LogP contribution is 2.34. The van der Waals surface area contributed by atoms with E-state index in [1.54, 1.807) is 0 Å². The van der Waals surface area contributed by atoms with Crippen molar-refractivity contribution < 1.29 is 9.53 Å². The van der Waals surface area contributed by atoms with Gasteiger partial charge in [0.2, 0.25) is 0 Å². The van der Waals surface area contributed by atoms with Crippen molar-refractivity contribution in [2.45, 2.75) is 25.4 Å². The molecular weight excluding hydrogens is 448 g/mol. The van der Waals surface area contributed by atoms with Gasteiger partial charge in [0.25, 0.3) is 5.91 Å². The van der Waals surface area contributed by atoms with E-state index in [0.717, 1.165) is 60.0 Å². The maximum Gasteiger partial charge on any atom is 0.256 e. The van der Waals surface area contributed by atoms with Gasteiger partial charge >= 0.3 is 0 Å². The molecule has 3 heterocycles. The molecule has 184 valence electrons. The van der Waals surface area contributed by atoms with Gasteiger partial charge in [-0.15, -0.1) is 0 Å². The van der Waals surface area contributed by atoms with Crippen LogP contribution < -0.4 is 5.32 Å². The molecule has 1 aromatic heterocycles. The molecule has 2 fully saturated rings. The fourth-order valence-corrected chi connectivity index (χ4v) is 5.46. The minimum absolute atomic E-state index is 0.0341. The molecule has 0 saturated carbocycles. The second-order valence-corrected chi connectivity index (χ2v) is 9.79. The monoisotopic (exact) mass is 480 g/mol. The summed E-state index contributed by atoms with van der Waals surface area (Å²) in [6.45, 7) is 5.54. The third kappa shape index (κ3) is 4.66. The molecule has 36 heavy (non-hydrogen) atoms. The van der Waals surface area contributed by atoms with E-state index in [1.807, 2.05) is 29.2 Å². The summed E-state index contributed by atoms with van der Waals surface area (Å²) < 4.78 is 5.45. The van der Waals surface area contributed by atoms with Gasteiger partial charge in [-0.25, -0.2) is 4.98 Å². The molecule has 1 amide bonds. The number of carbonyl (C=O) groups is 1. The SMILES string of the molecule is O=C(c1cccc2c(NC3CCN(Cc4ccccc4)CC3)c3ccccc3nc12)N1CCOCC1. The van der Waals surface area contributed by atoms with Crippen molar-refractivity contribution in [1.82, 2.24) is 14.8 Å². The second-order valence-electron chi connectivity index (χ2n) is 9.79. The van der Waals surface area contributed by atoms with Gasteiger partial charge in [-0.2, -0.15) is 0 Å². The van der Waals surface area contributed by atoms with Crippen molar-refractivity contribution in [3.05, 3.63) is 83.9 Å². The van der Waals surface area contributed by atoms with Gasteiger partial charge in [-0.05, 0) is 30.5 Å². The van der Waals surface area contributed by atoms with Crippen molar-refractivity contribution in [2.75, 3.05) is 44.7 Å². The molecular formula is C30H32N4O2. The van der Waals surface area contributed by atoms with Crippen molar-refractivity contribution >= 4 is 33.4 Å². The highest BCUT2D eigenvalue weighted by atomic mass is 16.5. The van der Waals surface area contributed by atoms with Crippen LogP contribution in [0.3, 0.4) is 0 Å². The Kier molecular flexibility index (Phi) is 6.53. The first-order valence-electron chi connectivity index (χ1n) is 13.0. The first-order chi connectivity index (χ1) is 17.8. The van der Waals surface area contributed by atoms with Crippen LogP contribution >= 0.6 is 0 Å². The minimum Gasteiger partial charge on any atom is -0.381 e. The van der Waals surface area contributed by atoms with E-state index in [1.165, 1.54) is 5.56 Å². The lowest BCUT2D eigenvalue weighted by atomic mass is 10.00. The smallest absolute Gasteiger partial charge is 0.256 e. The third-order valence-corrected chi connectivity index (χ3v) is 7.42. The second kappa shape index (κ2) is 10.2. The number of carbonyl (C=O) groups excluding carboxylic acids is 1. The molecule has 2 aliphatic heterocycles. The Morgan fingerprint density at radius 1 is 0.861 bits per heavy atom. The highest BCUT2D eigenvalue weighted by molar-refractivity contribution is 6.14. The van der Waals surface area contributed by atoms with Crippen LogP contribution in [-0.4, -0.2) is 66.1 Å². The average molecular weight is 481 g/mol. The first kappa shape index (κ1) is 23.0. The quantitative estimate of drug-likeness (QED) is 0.410. The van der Waals surface area contributed by atoms with Crippen LogP contribution in [0.4, 0.5) is 5.69 Å². The molecule has 6 nitrogen and oxygen atoms in total. The maximum atomic E-state index is 13.4. The van der Waals surface area contributed by atoms with Gasteiger partial charge in [0.15, 0.2) is 0 Å². The third-order valence-electron chi connectivity index (χ3n) is 7.42. The summed E-state index contributed by atoms with van der Waals surface area (Å²) in [5.41, 5.74) is 4.81. The average Bonchev–Trinajstić information content (AvgIpc) is 2.94. The largest absolute Gasteiger partial charge is 0.381 e. The summed E-state index contributed by atoms with van der Waals surface area (Å²) in [5, 5.41) is 6.00. The highest BCUT2D eigenvalue weighted by Gasteiger charge is 2.24. The Hall–Kier alpha value is -3.48. The summed E-state index contributed by atoms with van der Waals surface area (Å²) in [4.78, 5) is 22.8. The van der Waals surface area contributed by atoms with Gasteiger partial charge in [0, 0.05) is 49.5 Å². The molecule has 2 saturated heterocycles. The molecule has 2 aliphatic rings. The number of ether oxygens (including phenoxy) is 1. The van der Waals surface area contributed by atoms with E-state index in [9.17, 15) is 4.79 Å². The van der Waals surface area contributed by atoms with Gasteiger partial charge in [0.1, 0.15) is 0 Å². The van der Waals surface area contributed by atoms with Crippen molar-refractivity contribution in [2.24, 2.45) is 0 Å². The molecule has 0 bridgehead atoms. The maximum absolute atomic E-state index is 13.4. The molecule has 0 atom stereocenters. The van der Waals surface area contributed by atoms with Gasteiger partial charge in [0.05, 0.1) is 35.5 Å². The standard InChI is InChI=1S/C30H32N4O2/c35-30(34-17-19-36-20-18-34)26-11-6-10-25-28(24-9-4-5-12-27(24)32-29(25)26)31-23-13-15-33(16-14-23)21-22-7-2-1-3-8-22/h1-12,23H,13-21H2,(H,31,32). The van der Waals surface area contributed by atoms with Gasteiger partial charge < -0.3 is 15.0 Å². The van der Waals surface area contributed by atoms with E-state index < -0.39 is 0 Å². The number of fused-ring (bicyclic) bond motifs is 2. The Morgan fingerprint density at radius 3 is 2.39 bits per heavy atom. The van der Waals surface area contributed by atoms with E-state index in [-0.39, 0.29) is 5.91 Å². The van der Waals surface area contributed by atoms with Gasteiger partial charge in [-0.3, -0.25) is 9.69 Å². The number of para-hydroxylation sites is 2. The van der Waals surface area contributed by atoms with Crippen molar-refractivity contribution in [1.29, 1.82) is 0 Å². The summed E-state index contributed by atoms with van der Waals surface area (Å²) in [6.07, 6.45) is 2.16. The number of nitrogens with zero attached hydrogens (tertiary/aromatic N) is 3. The zero-order chi connectivity index (χ0) is 24.3. The predicted molar refractivity (Wildman–Crippen MR) is 144 cm³/mol. The Balaban J connectivity index is 1.29. The number of anilines is 1. The van der Waals surface area contributed by atoms with Gasteiger partial charge in [-0.1, -0.05) is 60.7 Å². The van der Waals surface area contributed by atoms with Crippen LogP contribution in [0.2, 0.25) is 0 Å². The Morgan fingerprint density at radius 2 is 1.58 bits per heavy atom. The molecule has 1 N–H and O–H groups in total. The summed E-state index contributed by atoms with van der Waals surface area (Å²) in [7, 11) is 0. The van der Waals surface area contributed by atoms with Crippen LogP contribution in [0.5, 0.6) is 0 Å². The number of morpholine rings is 1. The summed E-state index contributed by atoms with van der Waals surface area (Å²) in [6, 6.07) is 25.3. The van der Waals surface area contributed by atoms with E-state index in [0.29, 0.717) is 37.9 Å². The lowest BCUT2D eigenvalue weighted by molar-refractivity contribution is 0.0304. The topological polar surface area (TPSA) is 57.7 Å². The van der Waals surface area contributed by atoms with E-state index >= 15 is 0 Å². The van der Waals surface area contributed by atoms with Crippen molar-refractivity contribution in [3.8, 4) is 0 Å².